The van der Waals surface area contributed by atoms with E-state index in [2.05, 4.69) is 20.7 Å². The third-order valence-electron chi connectivity index (χ3n) is 3.01. The van der Waals surface area contributed by atoms with Crippen LogP contribution >= 0.6 is 27.3 Å². The van der Waals surface area contributed by atoms with Gasteiger partial charge in [-0.1, -0.05) is 0 Å². The maximum Gasteiger partial charge on any atom is 0.271 e. The summed E-state index contributed by atoms with van der Waals surface area (Å²) in [5, 5.41) is 0. The fourth-order valence-electron chi connectivity index (χ4n) is 1.69. The normalized spacial score (nSPS) is 11.6. The van der Waals surface area contributed by atoms with Gasteiger partial charge in [-0.3, -0.25) is 4.72 Å². The van der Waals surface area contributed by atoms with E-state index in [1.54, 1.807) is 18.2 Å². The van der Waals surface area contributed by atoms with Gasteiger partial charge in [0, 0.05) is 0 Å². The number of hydrogen-bond acceptors (Lipinski definition) is 4. The molecule has 0 radical (unpaired) electrons. The van der Waals surface area contributed by atoms with E-state index >= 15 is 0 Å². The molecule has 3 N–H and O–H groups in total. The maximum atomic E-state index is 12.3. The molecule has 0 aliphatic rings. The Bertz CT molecular complexity index is 747. The van der Waals surface area contributed by atoms with Crippen LogP contribution < -0.4 is 10.5 Å². The smallest absolute Gasteiger partial charge is 0.271 e. The van der Waals surface area contributed by atoms with Crippen molar-refractivity contribution in [3.05, 3.63) is 38.7 Å². The number of nitrogens with two attached hydrogens (primary N) is 1. The minimum absolute atomic E-state index is 0.263. The number of thiophene rings is 1. The van der Waals surface area contributed by atoms with Crippen molar-refractivity contribution in [3.63, 3.8) is 0 Å². The average molecular weight is 375 g/mol. The molecule has 0 aliphatic heterocycles. The molecule has 0 amide bonds. The second kappa shape index (κ2) is 5.38. The van der Waals surface area contributed by atoms with Crippen molar-refractivity contribution >= 4 is 48.7 Å². The highest BCUT2D eigenvalue weighted by Crippen LogP contribution is 2.33. The van der Waals surface area contributed by atoms with Crippen LogP contribution in [0.3, 0.4) is 0 Å². The molecule has 20 heavy (non-hydrogen) atoms. The van der Waals surface area contributed by atoms with Gasteiger partial charge in [-0.05, 0) is 71.6 Å². The second-order valence-electron chi connectivity index (χ2n) is 4.65. The second-order valence-corrected chi connectivity index (χ2v) is 8.93. The summed E-state index contributed by atoms with van der Waals surface area (Å²) in [5.41, 5.74) is 9.62. The van der Waals surface area contributed by atoms with Gasteiger partial charge in [0.05, 0.1) is 15.2 Å². The van der Waals surface area contributed by atoms with E-state index in [-0.39, 0.29) is 4.21 Å². The Labute approximate surface area is 131 Å². The lowest BCUT2D eigenvalue weighted by Gasteiger charge is -2.11. The quantitative estimate of drug-likeness (QED) is 0.802. The van der Waals surface area contributed by atoms with Crippen LogP contribution in [-0.4, -0.2) is 8.42 Å². The fraction of sp³-hybridized carbons (Fsp3) is 0.231. The molecular weight excluding hydrogens is 360 g/mol. The summed E-state index contributed by atoms with van der Waals surface area (Å²) < 4.78 is 28.3. The zero-order valence-corrected chi connectivity index (χ0v) is 14.5. The Morgan fingerprint density at radius 2 is 1.70 bits per heavy atom. The van der Waals surface area contributed by atoms with Crippen LogP contribution in [0.2, 0.25) is 0 Å². The molecule has 0 spiro atoms. The van der Waals surface area contributed by atoms with Gasteiger partial charge in [-0.25, -0.2) is 8.42 Å². The minimum atomic E-state index is -3.61. The van der Waals surface area contributed by atoms with E-state index in [0.717, 1.165) is 20.5 Å². The molecule has 4 nitrogen and oxygen atoms in total. The summed E-state index contributed by atoms with van der Waals surface area (Å²) in [7, 11) is -3.61. The summed E-state index contributed by atoms with van der Waals surface area (Å²) in [6, 6.07) is 5.15. The van der Waals surface area contributed by atoms with Gasteiger partial charge < -0.3 is 5.73 Å². The summed E-state index contributed by atoms with van der Waals surface area (Å²) >= 11 is 4.51. The number of benzene rings is 1. The van der Waals surface area contributed by atoms with E-state index in [1.165, 1.54) is 11.3 Å². The molecule has 2 aromatic rings. The molecule has 1 aromatic heterocycles. The Kier molecular flexibility index (Phi) is 4.13. The standard InChI is InChI=1S/C13H15BrN2O2S2/c1-7-4-10(15)11(5-8(7)2)16-20(17,18)12-6-9(3)13(14)19-12/h4-6,16H,15H2,1-3H3. The van der Waals surface area contributed by atoms with Crippen molar-refractivity contribution in [2.75, 3.05) is 10.5 Å². The molecule has 0 fully saturated rings. The Morgan fingerprint density at radius 3 is 2.25 bits per heavy atom. The van der Waals surface area contributed by atoms with Gasteiger partial charge >= 0.3 is 0 Å². The largest absolute Gasteiger partial charge is 0.397 e. The first-order chi connectivity index (χ1) is 9.20. The Morgan fingerprint density at radius 1 is 1.10 bits per heavy atom. The monoisotopic (exact) mass is 374 g/mol. The fourth-order valence-corrected chi connectivity index (χ4v) is 4.99. The van der Waals surface area contributed by atoms with Gasteiger partial charge in [-0.15, -0.1) is 11.3 Å². The lowest BCUT2D eigenvalue weighted by Crippen LogP contribution is -2.13. The summed E-state index contributed by atoms with van der Waals surface area (Å²) in [4.78, 5) is 0. The molecule has 0 bridgehead atoms. The topological polar surface area (TPSA) is 72.2 Å². The number of hydrogen-bond donors (Lipinski definition) is 2. The van der Waals surface area contributed by atoms with Crippen molar-refractivity contribution < 1.29 is 8.42 Å². The van der Waals surface area contributed by atoms with E-state index in [1.807, 2.05) is 20.8 Å². The van der Waals surface area contributed by atoms with Crippen LogP contribution in [0.1, 0.15) is 16.7 Å². The molecule has 7 heteroatoms. The minimum Gasteiger partial charge on any atom is -0.397 e. The van der Waals surface area contributed by atoms with Crippen molar-refractivity contribution in [3.8, 4) is 0 Å². The van der Waals surface area contributed by atoms with E-state index in [4.69, 9.17) is 5.73 Å². The van der Waals surface area contributed by atoms with E-state index in [0.29, 0.717) is 11.4 Å². The highest BCUT2D eigenvalue weighted by Gasteiger charge is 2.19. The molecule has 0 atom stereocenters. The van der Waals surface area contributed by atoms with Crippen LogP contribution in [0.5, 0.6) is 0 Å². The molecular formula is C13H15BrN2O2S2. The number of anilines is 2. The number of aryl methyl sites for hydroxylation is 3. The highest BCUT2D eigenvalue weighted by molar-refractivity contribution is 9.11. The first-order valence-corrected chi connectivity index (χ1v) is 8.95. The van der Waals surface area contributed by atoms with Crippen molar-refractivity contribution in [1.82, 2.24) is 0 Å². The molecule has 1 heterocycles. The molecule has 1 aromatic carbocycles. The van der Waals surface area contributed by atoms with Crippen LogP contribution in [0, 0.1) is 20.8 Å². The Hall–Kier alpha value is -1.05. The van der Waals surface area contributed by atoms with Gasteiger partial charge in [0.15, 0.2) is 0 Å². The molecule has 0 saturated heterocycles. The van der Waals surface area contributed by atoms with Crippen LogP contribution in [-0.2, 0) is 10.0 Å². The number of nitrogen functional groups attached to an aromatic ring is 1. The van der Waals surface area contributed by atoms with E-state index in [9.17, 15) is 8.42 Å². The lowest BCUT2D eigenvalue weighted by molar-refractivity contribution is 0.603. The third-order valence-corrected chi connectivity index (χ3v) is 6.99. The van der Waals surface area contributed by atoms with Crippen molar-refractivity contribution in [2.24, 2.45) is 0 Å². The number of sulfonamides is 1. The van der Waals surface area contributed by atoms with Crippen LogP contribution in [0.25, 0.3) is 0 Å². The first kappa shape index (κ1) is 15.3. The number of halogens is 1. The van der Waals surface area contributed by atoms with Gasteiger partial charge in [0.2, 0.25) is 0 Å². The highest BCUT2D eigenvalue weighted by atomic mass is 79.9. The number of nitrogens with one attached hydrogen (secondary N) is 1. The Balaban J connectivity index is 2.40. The predicted octanol–water partition coefficient (Wildman–Crippen LogP) is 3.82. The van der Waals surface area contributed by atoms with Gasteiger partial charge in [0.25, 0.3) is 10.0 Å². The summed E-state index contributed by atoms with van der Waals surface area (Å²) in [6.07, 6.45) is 0. The van der Waals surface area contributed by atoms with Crippen LogP contribution in [0.15, 0.2) is 26.2 Å². The van der Waals surface area contributed by atoms with Crippen molar-refractivity contribution in [2.45, 2.75) is 25.0 Å². The lowest BCUT2D eigenvalue weighted by atomic mass is 10.1. The van der Waals surface area contributed by atoms with E-state index < -0.39 is 10.0 Å². The SMILES string of the molecule is Cc1cc(N)c(NS(=O)(=O)c2cc(C)c(Br)s2)cc1C. The molecule has 0 aliphatic carbocycles. The molecule has 0 unspecified atom stereocenters. The average Bonchev–Trinajstić information content (AvgIpc) is 2.67. The number of rotatable bonds is 3. The van der Waals surface area contributed by atoms with Crippen molar-refractivity contribution in [1.29, 1.82) is 0 Å². The van der Waals surface area contributed by atoms with Gasteiger partial charge in [-0.2, -0.15) is 0 Å². The summed E-state index contributed by atoms with van der Waals surface area (Å²) in [5.74, 6) is 0. The molecule has 108 valence electrons. The zero-order chi connectivity index (χ0) is 15.1. The first-order valence-electron chi connectivity index (χ1n) is 5.86. The molecule has 0 saturated carbocycles. The zero-order valence-electron chi connectivity index (χ0n) is 11.3. The maximum absolute atomic E-state index is 12.3. The predicted molar refractivity (Wildman–Crippen MR) is 87.9 cm³/mol. The third kappa shape index (κ3) is 2.99. The molecule has 2 rings (SSSR count). The van der Waals surface area contributed by atoms with Crippen LogP contribution in [0.4, 0.5) is 11.4 Å². The van der Waals surface area contributed by atoms with Gasteiger partial charge in [0.1, 0.15) is 4.21 Å². The summed E-state index contributed by atoms with van der Waals surface area (Å²) in [6.45, 7) is 5.70.